The Kier molecular flexibility index (Phi) is 6.28. The SMILES string of the molecule is Cc1cccc(N=Cc2ccccc2[CH2][Al]([CH3])[NH]c2cccc(C)c2)c1. The zero-order valence-electron chi connectivity index (χ0n) is 15.7. The van der Waals surface area contributed by atoms with Gasteiger partial charge in [0, 0.05) is 11.9 Å². The van der Waals surface area contributed by atoms with Gasteiger partial charge < -0.3 is 4.30 Å². The fourth-order valence-electron chi connectivity index (χ4n) is 3.10. The molecule has 26 heavy (non-hydrogen) atoms. The van der Waals surface area contributed by atoms with Crippen LogP contribution in [-0.2, 0) is 5.28 Å². The Hall–Kier alpha value is -2.34. The molecule has 2 nitrogen and oxygen atoms in total. The topological polar surface area (TPSA) is 24.4 Å². The lowest BCUT2D eigenvalue weighted by Crippen LogP contribution is -2.24. The first-order valence-electron chi connectivity index (χ1n) is 9.12. The van der Waals surface area contributed by atoms with Crippen LogP contribution in [0.3, 0.4) is 0 Å². The van der Waals surface area contributed by atoms with Crippen molar-refractivity contribution < 1.29 is 0 Å². The number of hydrogen-bond acceptors (Lipinski definition) is 2. The molecule has 0 aliphatic carbocycles. The highest BCUT2D eigenvalue weighted by atomic mass is 27.2. The first kappa shape index (κ1) is 18.5. The molecule has 3 rings (SSSR count). The molecule has 0 atom stereocenters. The maximum Gasteiger partial charge on any atom is 0.412 e. The molecule has 3 aromatic rings. The first-order chi connectivity index (χ1) is 12.6. The van der Waals surface area contributed by atoms with Gasteiger partial charge in [0.15, 0.2) is 0 Å². The van der Waals surface area contributed by atoms with Crippen LogP contribution in [0.15, 0.2) is 77.8 Å². The Morgan fingerprint density at radius 2 is 1.62 bits per heavy atom. The molecular formula is C23H25AlN2. The number of anilines is 1. The summed E-state index contributed by atoms with van der Waals surface area (Å²) in [6, 6.07) is 25.5. The zero-order chi connectivity index (χ0) is 18.4. The summed E-state index contributed by atoms with van der Waals surface area (Å²) in [5.74, 6) is 2.36. The van der Waals surface area contributed by atoms with Crippen molar-refractivity contribution in [2.24, 2.45) is 4.99 Å². The van der Waals surface area contributed by atoms with Gasteiger partial charge in [-0.3, -0.25) is 4.99 Å². The highest BCUT2D eigenvalue weighted by Crippen LogP contribution is 2.16. The third kappa shape index (κ3) is 5.33. The zero-order valence-corrected chi connectivity index (χ0v) is 16.9. The fraction of sp³-hybridized carbons (Fsp3) is 0.174. The van der Waals surface area contributed by atoms with Gasteiger partial charge in [-0.1, -0.05) is 59.9 Å². The largest absolute Gasteiger partial charge is 0.476 e. The van der Waals surface area contributed by atoms with E-state index in [1.807, 2.05) is 12.3 Å². The average Bonchev–Trinajstić information content (AvgIpc) is 2.61. The molecule has 3 aromatic carbocycles. The number of aryl methyl sites for hydroxylation is 2. The molecule has 0 amide bonds. The van der Waals surface area contributed by atoms with Crippen LogP contribution in [0, 0.1) is 13.8 Å². The van der Waals surface area contributed by atoms with Crippen molar-refractivity contribution in [3.63, 3.8) is 0 Å². The maximum atomic E-state index is 4.67. The number of rotatable bonds is 6. The first-order valence-corrected chi connectivity index (χ1v) is 11.7. The monoisotopic (exact) mass is 356 g/mol. The molecule has 0 aliphatic heterocycles. The van der Waals surface area contributed by atoms with Gasteiger partial charge in [-0.05, 0) is 60.1 Å². The minimum atomic E-state index is -1.12. The molecule has 0 aromatic heterocycles. The summed E-state index contributed by atoms with van der Waals surface area (Å²) in [6.45, 7) is 4.23. The summed E-state index contributed by atoms with van der Waals surface area (Å²) >= 11 is -1.12. The molecule has 1 N–H and O–H groups in total. The summed E-state index contributed by atoms with van der Waals surface area (Å²) in [4.78, 5) is 4.67. The summed E-state index contributed by atoms with van der Waals surface area (Å²) < 4.78 is 3.73. The van der Waals surface area contributed by atoms with E-state index in [1.54, 1.807) is 0 Å². The summed E-state index contributed by atoms with van der Waals surface area (Å²) in [6.07, 6.45) is 2.00. The predicted octanol–water partition coefficient (Wildman–Crippen LogP) is 5.87. The minimum absolute atomic E-state index is 1.00. The van der Waals surface area contributed by atoms with Crippen LogP contribution in [0.4, 0.5) is 11.4 Å². The molecule has 0 spiro atoms. The maximum absolute atomic E-state index is 4.67. The van der Waals surface area contributed by atoms with E-state index in [4.69, 9.17) is 0 Å². The van der Waals surface area contributed by atoms with Crippen LogP contribution in [0.1, 0.15) is 22.3 Å². The van der Waals surface area contributed by atoms with Crippen molar-refractivity contribution in [1.82, 2.24) is 0 Å². The standard InChI is InChI=1S/C15H14N.C7H8N.CH3.Al/c1-12-6-5-9-15(10-12)16-11-14-8-4-3-7-13(14)2;1-6-3-2-4-7(8)5-6;;/h3-11H,2H2,1H3;2-5,8H,1H3;1H3;/q;-1;;+1. The van der Waals surface area contributed by atoms with E-state index in [0.717, 1.165) is 11.0 Å². The Labute approximate surface area is 161 Å². The summed E-state index contributed by atoms with van der Waals surface area (Å²) in [7, 11) is 0. The highest BCUT2D eigenvalue weighted by molar-refractivity contribution is 6.60. The van der Waals surface area contributed by atoms with Crippen LogP contribution in [-0.4, -0.2) is 20.6 Å². The molecule has 0 bridgehead atoms. The Balaban J connectivity index is 1.72. The lowest BCUT2D eigenvalue weighted by atomic mass is 10.1. The van der Waals surface area contributed by atoms with Crippen molar-refractivity contribution in [1.29, 1.82) is 0 Å². The van der Waals surface area contributed by atoms with E-state index in [1.165, 1.54) is 27.9 Å². The second-order valence-corrected chi connectivity index (χ2v) is 9.41. The van der Waals surface area contributed by atoms with Gasteiger partial charge in [-0.2, -0.15) is 0 Å². The number of benzene rings is 3. The lowest BCUT2D eigenvalue weighted by Gasteiger charge is -2.13. The molecular weight excluding hydrogens is 331 g/mol. The summed E-state index contributed by atoms with van der Waals surface area (Å²) in [5.41, 5.74) is 7.33. The van der Waals surface area contributed by atoms with Crippen molar-refractivity contribution >= 4 is 32.0 Å². The number of hydrogen-bond donors (Lipinski definition) is 1. The van der Waals surface area contributed by atoms with Crippen LogP contribution < -0.4 is 4.30 Å². The molecule has 130 valence electrons. The van der Waals surface area contributed by atoms with Crippen LogP contribution in [0.25, 0.3) is 0 Å². The lowest BCUT2D eigenvalue weighted by molar-refractivity contribution is 1.33. The van der Waals surface area contributed by atoms with Crippen molar-refractivity contribution in [3.8, 4) is 0 Å². The Morgan fingerprint density at radius 1 is 0.885 bits per heavy atom. The van der Waals surface area contributed by atoms with Crippen molar-refractivity contribution in [3.05, 3.63) is 95.1 Å². The molecule has 0 heterocycles. The van der Waals surface area contributed by atoms with E-state index < -0.39 is 14.4 Å². The smallest absolute Gasteiger partial charge is 0.412 e. The van der Waals surface area contributed by atoms with Gasteiger partial charge in [0.25, 0.3) is 0 Å². The molecule has 0 saturated carbocycles. The normalized spacial score (nSPS) is 10.9. The van der Waals surface area contributed by atoms with Gasteiger partial charge >= 0.3 is 14.4 Å². The van der Waals surface area contributed by atoms with Crippen LogP contribution in [0.2, 0.25) is 5.79 Å². The summed E-state index contributed by atoms with van der Waals surface area (Å²) in [5, 5.41) is 1.09. The van der Waals surface area contributed by atoms with E-state index in [9.17, 15) is 0 Å². The van der Waals surface area contributed by atoms with Crippen molar-refractivity contribution in [2.45, 2.75) is 24.9 Å². The third-order valence-electron chi connectivity index (χ3n) is 4.37. The van der Waals surface area contributed by atoms with Gasteiger partial charge in [0.2, 0.25) is 0 Å². The highest BCUT2D eigenvalue weighted by Gasteiger charge is 2.14. The van der Waals surface area contributed by atoms with E-state index in [0.29, 0.717) is 0 Å². The van der Waals surface area contributed by atoms with Gasteiger partial charge in [0.1, 0.15) is 0 Å². The van der Waals surface area contributed by atoms with E-state index in [2.05, 4.69) is 95.7 Å². The van der Waals surface area contributed by atoms with Crippen molar-refractivity contribution in [2.75, 3.05) is 4.30 Å². The minimum Gasteiger partial charge on any atom is -0.476 e. The number of nitrogens with one attached hydrogen (secondary N) is 1. The molecule has 0 fully saturated rings. The second kappa shape index (κ2) is 8.85. The molecule has 0 radical (unpaired) electrons. The second-order valence-electron chi connectivity index (χ2n) is 6.92. The molecule has 0 saturated heterocycles. The van der Waals surface area contributed by atoms with E-state index >= 15 is 0 Å². The third-order valence-corrected chi connectivity index (χ3v) is 6.25. The average molecular weight is 356 g/mol. The number of aliphatic imine (C=N–C) groups is 1. The predicted molar refractivity (Wildman–Crippen MR) is 115 cm³/mol. The van der Waals surface area contributed by atoms with E-state index in [-0.39, 0.29) is 0 Å². The molecule has 3 heteroatoms. The van der Waals surface area contributed by atoms with Gasteiger partial charge in [0.05, 0.1) is 5.69 Å². The molecule has 0 unspecified atom stereocenters. The fourth-order valence-corrected chi connectivity index (χ4v) is 4.98. The Bertz CT molecular complexity index is 902. The molecule has 0 aliphatic rings. The Morgan fingerprint density at radius 3 is 2.38 bits per heavy atom. The van der Waals surface area contributed by atoms with Crippen LogP contribution in [0.5, 0.6) is 0 Å². The van der Waals surface area contributed by atoms with Gasteiger partial charge in [-0.25, -0.2) is 0 Å². The quantitative estimate of drug-likeness (QED) is 0.433. The van der Waals surface area contributed by atoms with Crippen LogP contribution >= 0.6 is 0 Å². The van der Waals surface area contributed by atoms with Gasteiger partial charge in [-0.15, -0.1) is 0 Å². The number of nitrogens with zero attached hydrogens (tertiary/aromatic N) is 1.